The summed E-state index contributed by atoms with van der Waals surface area (Å²) in [5.74, 6) is -4.27. The number of imide groups is 1. The van der Waals surface area contributed by atoms with Gasteiger partial charge >= 0.3 is 0 Å². The average molecular weight is 666 g/mol. The molecule has 1 heterocycles. The zero-order chi connectivity index (χ0) is 34.7. The first-order chi connectivity index (χ1) is 24.3. The van der Waals surface area contributed by atoms with Gasteiger partial charge in [-0.25, -0.2) is 0 Å². The first kappa shape index (κ1) is 31.5. The van der Waals surface area contributed by atoms with Crippen LogP contribution in [0.4, 0.5) is 5.69 Å². The van der Waals surface area contributed by atoms with Gasteiger partial charge in [0.25, 0.3) is 0 Å². The predicted molar refractivity (Wildman–Crippen MR) is 187 cm³/mol. The van der Waals surface area contributed by atoms with Crippen LogP contribution in [-0.2, 0) is 24.6 Å². The van der Waals surface area contributed by atoms with Gasteiger partial charge in [-0.3, -0.25) is 24.1 Å². The van der Waals surface area contributed by atoms with Gasteiger partial charge in [0.05, 0.1) is 37.2 Å². The summed E-state index contributed by atoms with van der Waals surface area (Å²) < 4.78 is 11.8. The molecule has 4 aliphatic rings. The second-order valence-corrected chi connectivity index (χ2v) is 13.4. The summed E-state index contributed by atoms with van der Waals surface area (Å²) >= 11 is 0. The number of phenols is 1. The van der Waals surface area contributed by atoms with Gasteiger partial charge in [-0.1, -0.05) is 90.5 Å². The second-order valence-electron chi connectivity index (χ2n) is 13.4. The lowest BCUT2D eigenvalue weighted by atomic mass is 9.44. The van der Waals surface area contributed by atoms with Gasteiger partial charge in [-0.05, 0) is 48.1 Å². The van der Waals surface area contributed by atoms with Gasteiger partial charge in [0.2, 0.25) is 11.8 Å². The molecule has 0 spiro atoms. The molecule has 0 radical (unpaired) electrons. The molecule has 8 rings (SSSR count). The molecule has 2 fully saturated rings. The maximum Gasteiger partial charge on any atom is 0.238 e. The Bertz CT molecular complexity index is 2080. The smallest absolute Gasteiger partial charge is 0.238 e. The predicted octanol–water partition coefficient (Wildman–Crippen LogP) is 6.44. The van der Waals surface area contributed by atoms with Gasteiger partial charge in [0.15, 0.2) is 11.6 Å². The Kier molecular flexibility index (Phi) is 7.55. The number of fused-ring (bicyclic) bond motifs is 4. The quantitative estimate of drug-likeness (QED) is 0.187. The Labute approximate surface area is 289 Å². The van der Waals surface area contributed by atoms with Crippen molar-refractivity contribution >= 4 is 34.6 Å². The first-order valence-electron chi connectivity index (χ1n) is 16.8. The van der Waals surface area contributed by atoms with E-state index in [0.717, 1.165) is 5.57 Å². The third-order valence-corrected chi connectivity index (χ3v) is 11.2. The molecule has 1 N–H and O–H groups in total. The van der Waals surface area contributed by atoms with Crippen molar-refractivity contribution in [3.05, 3.63) is 138 Å². The van der Waals surface area contributed by atoms with Gasteiger partial charge in [-0.15, -0.1) is 0 Å². The molecule has 2 amide bonds. The summed E-state index contributed by atoms with van der Waals surface area (Å²) in [6.45, 7) is 0. The number of Topliss-reactive ketones (excluding diaryl/α,β-unsaturated/α-hetero) is 1. The average Bonchev–Trinajstić information content (AvgIpc) is 3.41. The molecule has 8 nitrogen and oxygen atoms in total. The van der Waals surface area contributed by atoms with Crippen molar-refractivity contribution in [2.75, 3.05) is 19.1 Å². The zero-order valence-electron chi connectivity index (χ0n) is 27.6. The van der Waals surface area contributed by atoms with Crippen molar-refractivity contribution in [3.8, 4) is 17.2 Å². The number of para-hydroxylation sites is 1. The van der Waals surface area contributed by atoms with Crippen LogP contribution in [0, 0.1) is 23.7 Å². The van der Waals surface area contributed by atoms with E-state index in [1.807, 2.05) is 72.8 Å². The van der Waals surface area contributed by atoms with Crippen LogP contribution in [0.25, 0.3) is 5.57 Å². The molecule has 1 saturated carbocycles. The number of amides is 2. The van der Waals surface area contributed by atoms with Crippen LogP contribution < -0.4 is 14.4 Å². The normalized spacial score (nSPS) is 27.2. The molecule has 1 saturated heterocycles. The van der Waals surface area contributed by atoms with Crippen molar-refractivity contribution in [1.82, 2.24) is 0 Å². The lowest BCUT2D eigenvalue weighted by molar-refractivity contribution is -0.135. The van der Waals surface area contributed by atoms with E-state index in [0.29, 0.717) is 28.0 Å². The number of carbonyl (C=O) groups is 4. The Morgan fingerprint density at radius 3 is 1.98 bits per heavy atom. The standard InChI is InChI=1S/C42H35NO7/c1-49-33-20-27(44)21-34(50-2)37(33)38-28-18-19-29-36(41(48)43(40(29)47)26-16-10-5-11-17-26)31(28)22-32-39(46)30(24-12-6-3-7-13-24)23-35(45)42(32,38)25-14-8-4-9-15-25/h3-18,20-21,23,29,31-32,36,38,44H,19,22H2,1-2H3. The van der Waals surface area contributed by atoms with Crippen molar-refractivity contribution < 1.29 is 33.8 Å². The molecule has 8 heteroatoms. The number of carbonyl (C=O) groups excluding carboxylic acids is 4. The Morgan fingerprint density at radius 1 is 0.760 bits per heavy atom. The Hall–Kier alpha value is -5.76. The second kappa shape index (κ2) is 12.0. The zero-order valence-corrected chi connectivity index (χ0v) is 27.6. The number of ketones is 2. The molecule has 50 heavy (non-hydrogen) atoms. The molecule has 4 aromatic carbocycles. The number of allylic oxidation sites excluding steroid dienone is 4. The third-order valence-electron chi connectivity index (χ3n) is 11.2. The van der Waals surface area contributed by atoms with E-state index in [1.165, 1.54) is 37.3 Å². The van der Waals surface area contributed by atoms with Crippen LogP contribution in [0.1, 0.15) is 35.4 Å². The highest BCUT2D eigenvalue weighted by Crippen LogP contribution is 2.65. The SMILES string of the molecule is COc1cc(O)cc(OC)c1C1C2=CCC3C(=O)N(c4ccccc4)C(=O)C3C2CC2C(=O)C(c3ccccc3)=CC(=O)C21c1ccccc1. The first-order valence-corrected chi connectivity index (χ1v) is 16.8. The van der Waals surface area contributed by atoms with E-state index < -0.39 is 35.0 Å². The minimum atomic E-state index is -1.46. The maximum atomic E-state index is 15.3. The Balaban J connectivity index is 1.42. The van der Waals surface area contributed by atoms with Gasteiger partial charge < -0.3 is 14.6 Å². The maximum absolute atomic E-state index is 15.3. The largest absolute Gasteiger partial charge is 0.508 e. The van der Waals surface area contributed by atoms with E-state index in [9.17, 15) is 14.7 Å². The minimum Gasteiger partial charge on any atom is -0.508 e. The highest BCUT2D eigenvalue weighted by atomic mass is 16.5. The van der Waals surface area contributed by atoms with Crippen LogP contribution in [0.3, 0.4) is 0 Å². The number of ether oxygens (including phenoxy) is 2. The molecular formula is C42H35NO7. The number of aromatic hydroxyl groups is 1. The summed E-state index contributed by atoms with van der Waals surface area (Å²) in [5, 5.41) is 10.7. The topological polar surface area (TPSA) is 110 Å². The number of nitrogens with zero attached hydrogens (tertiary/aromatic N) is 1. The molecule has 3 aliphatic carbocycles. The van der Waals surface area contributed by atoms with E-state index in [2.05, 4.69) is 0 Å². The van der Waals surface area contributed by atoms with E-state index in [1.54, 1.807) is 24.3 Å². The minimum absolute atomic E-state index is 0.0924. The molecule has 6 unspecified atom stereocenters. The number of hydrogen-bond acceptors (Lipinski definition) is 7. The number of anilines is 1. The van der Waals surface area contributed by atoms with Crippen LogP contribution in [0.15, 0.2) is 121 Å². The van der Waals surface area contributed by atoms with E-state index >= 15 is 9.59 Å². The number of methoxy groups -OCH3 is 2. The Morgan fingerprint density at radius 2 is 1.36 bits per heavy atom. The highest BCUT2D eigenvalue weighted by molar-refractivity contribution is 6.32. The van der Waals surface area contributed by atoms with Crippen molar-refractivity contribution in [3.63, 3.8) is 0 Å². The molecule has 0 aromatic heterocycles. The van der Waals surface area contributed by atoms with Crippen LogP contribution in [-0.4, -0.2) is 42.7 Å². The lowest BCUT2D eigenvalue weighted by Crippen LogP contribution is -2.59. The van der Waals surface area contributed by atoms with Crippen molar-refractivity contribution in [2.24, 2.45) is 23.7 Å². The fraction of sp³-hybridized carbons (Fsp3) is 0.238. The summed E-state index contributed by atoms with van der Waals surface area (Å²) in [7, 11) is 2.96. The lowest BCUT2D eigenvalue weighted by Gasteiger charge is -2.55. The number of rotatable bonds is 6. The summed E-state index contributed by atoms with van der Waals surface area (Å²) in [5.41, 5.74) is 1.91. The monoisotopic (exact) mass is 665 g/mol. The van der Waals surface area contributed by atoms with E-state index in [4.69, 9.17) is 9.47 Å². The fourth-order valence-corrected chi connectivity index (χ4v) is 9.23. The highest BCUT2D eigenvalue weighted by Gasteiger charge is 2.66. The number of hydrogen-bond donors (Lipinski definition) is 1. The molecule has 1 aliphatic heterocycles. The van der Waals surface area contributed by atoms with Crippen LogP contribution >= 0.6 is 0 Å². The number of benzene rings is 4. The van der Waals surface area contributed by atoms with Crippen molar-refractivity contribution in [1.29, 1.82) is 0 Å². The summed E-state index contributed by atoms with van der Waals surface area (Å²) in [4.78, 5) is 60.2. The molecular weight excluding hydrogens is 630 g/mol. The summed E-state index contributed by atoms with van der Waals surface area (Å²) in [6, 6.07) is 30.3. The van der Waals surface area contributed by atoms with Crippen LogP contribution in [0.5, 0.6) is 17.2 Å². The van der Waals surface area contributed by atoms with Gasteiger partial charge in [-0.2, -0.15) is 0 Å². The molecule has 250 valence electrons. The summed E-state index contributed by atoms with van der Waals surface area (Å²) in [6.07, 6.45) is 3.93. The molecule has 0 bridgehead atoms. The van der Waals surface area contributed by atoms with Crippen molar-refractivity contribution in [2.45, 2.75) is 24.2 Å². The van der Waals surface area contributed by atoms with Gasteiger partial charge in [0.1, 0.15) is 17.2 Å². The molecule has 6 atom stereocenters. The number of phenolic OH excluding ortho intramolecular Hbond substituents is 1. The fourth-order valence-electron chi connectivity index (χ4n) is 9.23. The van der Waals surface area contributed by atoms with Gasteiger partial charge in [0, 0.05) is 35.1 Å². The van der Waals surface area contributed by atoms with Crippen LogP contribution in [0.2, 0.25) is 0 Å². The molecule has 4 aromatic rings. The van der Waals surface area contributed by atoms with E-state index in [-0.39, 0.29) is 53.5 Å². The third kappa shape index (κ3) is 4.44.